The third-order valence-electron chi connectivity index (χ3n) is 2.96. The second kappa shape index (κ2) is 6.48. The van der Waals surface area contributed by atoms with Gasteiger partial charge in [0.1, 0.15) is 5.69 Å². The zero-order chi connectivity index (χ0) is 14.9. The summed E-state index contributed by atoms with van der Waals surface area (Å²) in [6.45, 7) is 2.70. The summed E-state index contributed by atoms with van der Waals surface area (Å²) in [5.41, 5.74) is 1.53. The largest absolute Gasteiger partial charge is 0.433 e. The minimum atomic E-state index is -4.38. The first-order valence-electron chi connectivity index (χ1n) is 6.07. The van der Waals surface area contributed by atoms with Crippen LogP contribution in [0.1, 0.15) is 22.6 Å². The topological polar surface area (TPSA) is 47.7 Å². The number of nitrogens with one attached hydrogen (secondary N) is 1. The van der Waals surface area contributed by atoms with Crippen molar-refractivity contribution in [3.8, 4) is 0 Å². The van der Waals surface area contributed by atoms with Crippen LogP contribution < -0.4 is 5.32 Å². The number of hydrogen-bond acceptors (Lipinski definition) is 3. The highest BCUT2D eigenvalue weighted by molar-refractivity contribution is 5.85. The maximum absolute atomic E-state index is 12.6. The molecule has 2 heterocycles. The maximum Gasteiger partial charge on any atom is 0.433 e. The quantitative estimate of drug-likeness (QED) is 0.938. The van der Waals surface area contributed by atoms with Gasteiger partial charge in [0.05, 0.1) is 11.4 Å². The summed E-state index contributed by atoms with van der Waals surface area (Å²) in [5, 5.41) is 11.1. The van der Waals surface area contributed by atoms with E-state index in [4.69, 9.17) is 0 Å². The predicted octanol–water partition coefficient (Wildman–Crippen LogP) is 2.19. The van der Waals surface area contributed by atoms with Gasteiger partial charge in [-0.25, -0.2) is 0 Å². The van der Waals surface area contributed by atoms with Crippen LogP contribution in [-0.2, 0) is 33.4 Å². The fourth-order valence-electron chi connectivity index (χ4n) is 2.03. The average molecular weight is 324 g/mol. The number of nitrogens with zero attached hydrogens (tertiary/aromatic N) is 4. The molecule has 2 aromatic rings. The predicted molar refractivity (Wildman–Crippen MR) is 73.9 cm³/mol. The van der Waals surface area contributed by atoms with Gasteiger partial charge in [0.25, 0.3) is 0 Å². The molecule has 0 unspecified atom stereocenters. The van der Waals surface area contributed by atoms with Crippen molar-refractivity contribution < 1.29 is 13.2 Å². The van der Waals surface area contributed by atoms with Crippen molar-refractivity contribution in [2.45, 2.75) is 26.2 Å². The lowest BCUT2D eigenvalue weighted by molar-refractivity contribution is -0.143. The summed E-state index contributed by atoms with van der Waals surface area (Å²) in [6, 6.07) is 1.06. The molecule has 2 rings (SSSR count). The minimum absolute atomic E-state index is 0. The molecular formula is C12H17ClF3N5. The Morgan fingerprint density at radius 3 is 2.33 bits per heavy atom. The van der Waals surface area contributed by atoms with E-state index in [1.165, 1.54) is 7.05 Å². The summed E-state index contributed by atoms with van der Waals surface area (Å²) >= 11 is 0. The van der Waals surface area contributed by atoms with E-state index in [0.717, 1.165) is 22.0 Å². The van der Waals surface area contributed by atoms with Crippen LogP contribution in [0.4, 0.5) is 13.2 Å². The molecule has 0 amide bonds. The summed E-state index contributed by atoms with van der Waals surface area (Å²) in [5.74, 6) is 0. The second-order valence-electron chi connectivity index (χ2n) is 4.66. The van der Waals surface area contributed by atoms with E-state index in [1.54, 1.807) is 4.68 Å². The average Bonchev–Trinajstić information content (AvgIpc) is 2.82. The van der Waals surface area contributed by atoms with Crippen LogP contribution in [0, 0.1) is 6.92 Å². The Balaban J connectivity index is 0.00000220. The van der Waals surface area contributed by atoms with Crippen molar-refractivity contribution in [2.24, 2.45) is 14.1 Å². The smallest absolute Gasteiger partial charge is 0.307 e. The Hall–Kier alpha value is -1.54. The molecule has 1 N–H and O–H groups in total. The molecule has 0 radical (unpaired) electrons. The van der Waals surface area contributed by atoms with Gasteiger partial charge >= 0.3 is 6.18 Å². The first kappa shape index (κ1) is 17.5. The van der Waals surface area contributed by atoms with Crippen LogP contribution in [-0.4, -0.2) is 19.6 Å². The van der Waals surface area contributed by atoms with E-state index >= 15 is 0 Å². The van der Waals surface area contributed by atoms with E-state index < -0.39 is 11.9 Å². The van der Waals surface area contributed by atoms with Gasteiger partial charge in [-0.2, -0.15) is 23.4 Å². The van der Waals surface area contributed by atoms with Crippen LogP contribution in [0.25, 0.3) is 0 Å². The lowest BCUT2D eigenvalue weighted by atomic mass is 10.2. The minimum Gasteiger partial charge on any atom is -0.307 e. The van der Waals surface area contributed by atoms with Crippen molar-refractivity contribution in [3.05, 3.63) is 34.9 Å². The number of halogens is 4. The zero-order valence-corrected chi connectivity index (χ0v) is 12.7. The Kier molecular flexibility index (Phi) is 5.41. The van der Waals surface area contributed by atoms with Gasteiger partial charge in [-0.1, -0.05) is 0 Å². The highest BCUT2D eigenvalue weighted by Gasteiger charge is 2.34. The van der Waals surface area contributed by atoms with E-state index in [-0.39, 0.29) is 19.0 Å². The van der Waals surface area contributed by atoms with E-state index in [9.17, 15) is 13.2 Å². The summed E-state index contributed by atoms with van der Waals surface area (Å²) in [7, 11) is 3.11. The van der Waals surface area contributed by atoms with Crippen LogP contribution >= 0.6 is 12.4 Å². The van der Waals surface area contributed by atoms with Crippen LogP contribution in [0.2, 0.25) is 0 Å². The van der Waals surface area contributed by atoms with Gasteiger partial charge in [-0.15, -0.1) is 12.4 Å². The van der Waals surface area contributed by atoms with Gasteiger partial charge in [-0.05, 0) is 13.0 Å². The summed E-state index contributed by atoms with van der Waals surface area (Å²) < 4.78 is 40.4. The molecule has 21 heavy (non-hydrogen) atoms. The Labute approximate surface area is 126 Å². The normalized spacial score (nSPS) is 11.5. The van der Waals surface area contributed by atoms with Crippen molar-refractivity contribution in [1.82, 2.24) is 24.9 Å². The Bertz CT molecular complexity index is 603. The maximum atomic E-state index is 12.6. The first-order chi connectivity index (χ1) is 9.27. The summed E-state index contributed by atoms with van der Waals surface area (Å²) in [4.78, 5) is 0. The SMILES string of the molecule is Cc1nn(C)cc1CNCc1cc(C(F)(F)F)n(C)n1.Cl. The van der Waals surface area contributed by atoms with Gasteiger partial charge in [0.2, 0.25) is 0 Å². The third-order valence-corrected chi connectivity index (χ3v) is 2.96. The number of aromatic nitrogens is 4. The lowest BCUT2D eigenvalue weighted by Gasteiger charge is -2.04. The molecule has 2 aromatic heterocycles. The Morgan fingerprint density at radius 2 is 1.86 bits per heavy atom. The first-order valence-corrected chi connectivity index (χ1v) is 6.07. The fraction of sp³-hybridized carbons (Fsp3) is 0.500. The van der Waals surface area contributed by atoms with E-state index in [1.807, 2.05) is 20.2 Å². The van der Waals surface area contributed by atoms with E-state index in [0.29, 0.717) is 12.2 Å². The molecule has 0 aromatic carbocycles. The number of rotatable bonds is 4. The highest BCUT2D eigenvalue weighted by Crippen LogP contribution is 2.29. The molecule has 0 bridgehead atoms. The van der Waals surface area contributed by atoms with E-state index in [2.05, 4.69) is 15.5 Å². The molecular weight excluding hydrogens is 307 g/mol. The monoisotopic (exact) mass is 323 g/mol. The molecule has 0 saturated heterocycles. The molecule has 0 atom stereocenters. The van der Waals surface area contributed by atoms with Crippen molar-refractivity contribution >= 4 is 12.4 Å². The van der Waals surface area contributed by atoms with Crippen LogP contribution in [0.5, 0.6) is 0 Å². The third kappa shape index (κ3) is 4.21. The molecule has 0 saturated carbocycles. The standard InChI is InChI=1S/C12H16F3N5.ClH/c1-8-9(7-19(2)17-8)5-16-6-10-4-11(12(13,14)15)20(3)18-10;/h4,7,16H,5-6H2,1-3H3;1H. The van der Waals surface area contributed by atoms with Crippen LogP contribution in [0.3, 0.4) is 0 Å². The zero-order valence-electron chi connectivity index (χ0n) is 11.9. The highest BCUT2D eigenvalue weighted by atomic mass is 35.5. The summed E-state index contributed by atoms with van der Waals surface area (Å²) in [6.07, 6.45) is -2.50. The van der Waals surface area contributed by atoms with Gasteiger partial charge in [0.15, 0.2) is 0 Å². The molecule has 0 aliphatic carbocycles. The number of hydrogen-bond donors (Lipinski definition) is 1. The molecule has 0 aliphatic heterocycles. The van der Waals surface area contributed by atoms with Gasteiger partial charge in [0, 0.05) is 38.9 Å². The molecule has 9 heteroatoms. The van der Waals surface area contributed by atoms with Crippen molar-refractivity contribution in [3.63, 3.8) is 0 Å². The Morgan fingerprint density at radius 1 is 1.19 bits per heavy atom. The number of alkyl halides is 3. The van der Waals surface area contributed by atoms with Crippen LogP contribution in [0.15, 0.2) is 12.3 Å². The lowest BCUT2D eigenvalue weighted by Crippen LogP contribution is -2.13. The van der Waals surface area contributed by atoms with Crippen molar-refractivity contribution in [2.75, 3.05) is 0 Å². The molecule has 0 fully saturated rings. The molecule has 0 spiro atoms. The fourth-order valence-corrected chi connectivity index (χ4v) is 2.03. The molecule has 0 aliphatic rings. The molecule has 118 valence electrons. The molecule has 5 nitrogen and oxygen atoms in total. The van der Waals surface area contributed by atoms with Crippen molar-refractivity contribution in [1.29, 1.82) is 0 Å². The van der Waals surface area contributed by atoms with Gasteiger partial charge in [-0.3, -0.25) is 9.36 Å². The second-order valence-corrected chi connectivity index (χ2v) is 4.66. The number of aryl methyl sites for hydroxylation is 3. The van der Waals surface area contributed by atoms with Gasteiger partial charge < -0.3 is 5.32 Å².